The predicted octanol–water partition coefficient (Wildman–Crippen LogP) is 2.62. The topological polar surface area (TPSA) is 29.3 Å². The molecule has 0 radical (unpaired) electrons. The zero-order valence-corrected chi connectivity index (χ0v) is 11.1. The van der Waals surface area contributed by atoms with Gasteiger partial charge in [-0.3, -0.25) is 4.90 Å². The van der Waals surface area contributed by atoms with Gasteiger partial charge in [-0.25, -0.2) is 0 Å². The average molecular weight is 212 g/mol. The lowest BCUT2D eigenvalue weighted by Gasteiger charge is -2.45. The fraction of sp³-hybridized carbons (Fsp3) is 1.00. The van der Waals surface area contributed by atoms with E-state index >= 15 is 0 Å². The van der Waals surface area contributed by atoms with Crippen LogP contribution < -0.4 is 5.73 Å². The Labute approximate surface area is 95.2 Å². The fourth-order valence-electron chi connectivity index (χ4n) is 2.91. The van der Waals surface area contributed by atoms with Crippen LogP contribution in [-0.2, 0) is 0 Å². The molecule has 0 bridgehead atoms. The highest BCUT2D eigenvalue weighted by Crippen LogP contribution is 2.32. The monoisotopic (exact) mass is 212 g/mol. The van der Waals surface area contributed by atoms with Crippen molar-refractivity contribution in [3.05, 3.63) is 0 Å². The molecule has 0 amide bonds. The van der Waals surface area contributed by atoms with Gasteiger partial charge in [0.15, 0.2) is 0 Å². The number of hydrogen-bond donors (Lipinski definition) is 1. The van der Waals surface area contributed by atoms with Crippen LogP contribution in [0.4, 0.5) is 0 Å². The third-order valence-corrected chi connectivity index (χ3v) is 3.36. The molecule has 0 aliphatic carbocycles. The molecule has 15 heavy (non-hydrogen) atoms. The zero-order valence-electron chi connectivity index (χ0n) is 11.1. The SMILES string of the molecule is CC(C)(C)CC(C)(C)N1CCC(N)CC1. The Morgan fingerprint density at radius 1 is 1.07 bits per heavy atom. The van der Waals surface area contributed by atoms with Crippen LogP contribution >= 0.6 is 0 Å². The first kappa shape index (κ1) is 13.0. The van der Waals surface area contributed by atoms with Gasteiger partial charge in [0.25, 0.3) is 0 Å². The van der Waals surface area contributed by atoms with Gasteiger partial charge in [-0.1, -0.05) is 20.8 Å². The third-order valence-electron chi connectivity index (χ3n) is 3.36. The second-order valence-electron chi connectivity index (χ2n) is 6.87. The van der Waals surface area contributed by atoms with Gasteiger partial charge in [-0.2, -0.15) is 0 Å². The van der Waals surface area contributed by atoms with Crippen LogP contribution in [0.1, 0.15) is 53.9 Å². The number of piperidine rings is 1. The highest BCUT2D eigenvalue weighted by Gasteiger charge is 2.33. The maximum atomic E-state index is 5.94. The van der Waals surface area contributed by atoms with Gasteiger partial charge in [-0.05, 0) is 38.5 Å². The van der Waals surface area contributed by atoms with E-state index in [-0.39, 0.29) is 0 Å². The molecule has 90 valence electrons. The standard InChI is InChI=1S/C13H28N2/c1-12(2,3)10-13(4,5)15-8-6-11(14)7-9-15/h11H,6-10,14H2,1-5H3. The van der Waals surface area contributed by atoms with Crippen molar-refractivity contribution < 1.29 is 0 Å². The minimum atomic E-state index is 0.318. The van der Waals surface area contributed by atoms with E-state index in [1.807, 2.05) is 0 Å². The first-order valence-electron chi connectivity index (χ1n) is 6.21. The summed E-state index contributed by atoms with van der Waals surface area (Å²) in [4.78, 5) is 2.61. The molecule has 0 aromatic rings. The maximum Gasteiger partial charge on any atom is 0.0158 e. The number of nitrogens with zero attached hydrogens (tertiary/aromatic N) is 1. The van der Waals surface area contributed by atoms with Crippen molar-refractivity contribution in [2.24, 2.45) is 11.1 Å². The second-order valence-corrected chi connectivity index (χ2v) is 6.87. The Morgan fingerprint density at radius 2 is 1.53 bits per heavy atom. The largest absolute Gasteiger partial charge is 0.328 e. The predicted molar refractivity (Wildman–Crippen MR) is 66.9 cm³/mol. The van der Waals surface area contributed by atoms with Crippen LogP contribution in [0.2, 0.25) is 0 Å². The molecule has 0 unspecified atom stereocenters. The molecule has 0 aromatic heterocycles. The minimum absolute atomic E-state index is 0.318. The number of nitrogens with two attached hydrogens (primary N) is 1. The van der Waals surface area contributed by atoms with Crippen LogP contribution in [0, 0.1) is 5.41 Å². The highest BCUT2D eigenvalue weighted by molar-refractivity contribution is 4.89. The Kier molecular flexibility index (Phi) is 3.83. The number of hydrogen-bond acceptors (Lipinski definition) is 2. The van der Waals surface area contributed by atoms with Gasteiger partial charge in [0.05, 0.1) is 0 Å². The summed E-state index contributed by atoms with van der Waals surface area (Å²) in [7, 11) is 0. The second kappa shape index (κ2) is 4.42. The molecule has 0 spiro atoms. The van der Waals surface area contributed by atoms with Crippen molar-refractivity contribution in [1.82, 2.24) is 4.90 Å². The normalized spacial score (nSPS) is 22.0. The van der Waals surface area contributed by atoms with Crippen molar-refractivity contribution in [2.45, 2.75) is 65.5 Å². The molecular weight excluding hydrogens is 184 g/mol. The number of rotatable bonds is 2. The zero-order chi connectivity index (χ0) is 11.7. The summed E-state index contributed by atoms with van der Waals surface area (Å²) >= 11 is 0. The van der Waals surface area contributed by atoms with Gasteiger partial charge in [0.1, 0.15) is 0 Å². The van der Waals surface area contributed by atoms with Crippen molar-refractivity contribution in [3.8, 4) is 0 Å². The Bertz CT molecular complexity index is 195. The highest BCUT2D eigenvalue weighted by atomic mass is 15.2. The summed E-state index contributed by atoms with van der Waals surface area (Å²) < 4.78 is 0. The van der Waals surface area contributed by atoms with Crippen LogP contribution in [0.25, 0.3) is 0 Å². The van der Waals surface area contributed by atoms with E-state index < -0.39 is 0 Å². The molecule has 1 aliphatic rings. The summed E-state index contributed by atoms with van der Waals surface area (Å²) in [5, 5.41) is 0. The summed E-state index contributed by atoms with van der Waals surface area (Å²) in [5.41, 5.74) is 6.66. The third kappa shape index (κ3) is 4.12. The molecule has 1 aliphatic heterocycles. The Hall–Kier alpha value is -0.0800. The molecule has 0 aromatic carbocycles. The summed E-state index contributed by atoms with van der Waals surface area (Å²) in [6.07, 6.45) is 3.57. The lowest BCUT2D eigenvalue weighted by atomic mass is 9.80. The van der Waals surface area contributed by atoms with E-state index in [2.05, 4.69) is 39.5 Å². The van der Waals surface area contributed by atoms with Gasteiger partial charge in [-0.15, -0.1) is 0 Å². The molecule has 1 rings (SSSR count). The fourth-order valence-corrected chi connectivity index (χ4v) is 2.91. The average Bonchev–Trinajstić information content (AvgIpc) is 2.00. The lowest BCUT2D eigenvalue weighted by molar-refractivity contribution is 0.0547. The van der Waals surface area contributed by atoms with Crippen molar-refractivity contribution in [1.29, 1.82) is 0 Å². The van der Waals surface area contributed by atoms with Crippen molar-refractivity contribution in [3.63, 3.8) is 0 Å². The molecule has 1 fully saturated rings. The van der Waals surface area contributed by atoms with Gasteiger partial charge in [0.2, 0.25) is 0 Å². The van der Waals surface area contributed by atoms with E-state index in [1.165, 1.54) is 19.5 Å². The molecule has 2 heteroatoms. The molecule has 1 heterocycles. The Morgan fingerprint density at radius 3 is 1.93 bits per heavy atom. The summed E-state index contributed by atoms with van der Waals surface area (Å²) in [6.45, 7) is 14.1. The molecule has 2 N–H and O–H groups in total. The van der Waals surface area contributed by atoms with Crippen molar-refractivity contribution in [2.75, 3.05) is 13.1 Å². The molecule has 0 saturated carbocycles. The minimum Gasteiger partial charge on any atom is -0.328 e. The Balaban J connectivity index is 2.54. The van der Waals surface area contributed by atoms with Crippen LogP contribution in [0.3, 0.4) is 0 Å². The van der Waals surface area contributed by atoms with Gasteiger partial charge >= 0.3 is 0 Å². The smallest absolute Gasteiger partial charge is 0.0158 e. The number of likely N-dealkylation sites (tertiary alicyclic amines) is 1. The van der Waals surface area contributed by atoms with E-state index in [1.54, 1.807) is 0 Å². The van der Waals surface area contributed by atoms with E-state index in [4.69, 9.17) is 5.73 Å². The van der Waals surface area contributed by atoms with Gasteiger partial charge in [0, 0.05) is 24.7 Å². The van der Waals surface area contributed by atoms with E-state index in [9.17, 15) is 0 Å². The lowest BCUT2D eigenvalue weighted by Crippen LogP contribution is -2.51. The van der Waals surface area contributed by atoms with Crippen LogP contribution in [-0.4, -0.2) is 29.6 Å². The van der Waals surface area contributed by atoms with Gasteiger partial charge < -0.3 is 5.73 Å². The molecule has 0 atom stereocenters. The first-order valence-corrected chi connectivity index (χ1v) is 6.21. The van der Waals surface area contributed by atoms with E-state index in [0.29, 0.717) is 17.0 Å². The molecule has 1 saturated heterocycles. The maximum absolute atomic E-state index is 5.94. The first-order chi connectivity index (χ1) is 6.71. The van der Waals surface area contributed by atoms with Crippen molar-refractivity contribution >= 4 is 0 Å². The molecule has 2 nitrogen and oxygen atoms in total. The van der Waals surface area contributed by atoms with E-state index in [0.717, 1.165) is 12.8 Å². The van der Waals surface area contributed by atoms with Crippen LogP contribution in [0.5, 0.6) is 0 Å². The quantitative estimate of drug-likeness (QED) is 0.762. The molecular formula is C13H28N2. The summed E-state index contributed by atoms with van der Waals surface area (Å²) in [5.74, 6) is 0. The van der Waals surface area contributed by atoms with Crippen LogP contribution in [0.15, 0.2) is 0 Å². The summed E-state index contributed by atoms with van der Waals surface area (Å²) in [6, 6.07) is 0.437.